The van der Waals surface area contributed by atoms with Gasteiger partial charge in [0.25, 0.3) is 0 Å². The Labute approximate surface area is 118 Å². The van der Waals surface area contributed by atoms with Gasteiger partial charge in [-0.1, -0.05) is 50.1 Å². The molecule has 0 fully saturated rings. The van der Waals surface area contributed by atoms with Gasteiger partial charge in [0, 0.05) is 26.3 Å². The number of rotatable bonds is 9. The molecule has 0 radical (unpaired) electrons. The van der Waals surface area contributed by atoms with Gasteiger partial charge in [-0.2, -0.15) is 0 Å². The normalized spacial score (nSPS) is 12.9. The van der Waals surface area contributed by atoms with Crippen molar-refractivity contribution in [2.24, 2.45) is 0 Å². The maximum absolute atomic E-state index is 5.13. The minimum Gasteiger partial charge on any atom is -0.385 e. The Bertz CT molecular complexity index is 332. The summed E-state index contributed by atoms with van der Waals surface area (Å²) in [5, 5.41) is 3.57. The van der Waals surface area contributed by atoms with E-state index >= 15 is 0 Å². The van der Waals surface area contributed by atoms with Crippen LogP contribution >= 0.6 is 0 Å². The molecule has 1 rings (SSSR count). The predicted octanol–water partition coefficient (Wildman–Crippen LogP) is 3.89. The summed E-state index contributed by atoms with van der Waals surface area (Å²) in [6, 6.07) is 9.53. The first kappa shape index (κ1) is 16.2. The second-order valence-corrected chi connectivity index (χ2v) is 5.66. The van der Waals surface area contributed by atoms with Gasteiger partial charge in [0.05, 0.1) is 0 Å². The van der Waals surface area contributed by atoms with Gasteiger partial charge in [-0.3, -0.25) is 0 Å². The topological polar surface area (TPSA) is 21.3 Å². The molecule has 0 aliphatic carbocycles. The quantitative estimate of drug-likeness (QED) is 0.682. The third-order valence-corrected chi connectivity index (χ3v) is 3.47. The lowest BCUT2D eigenvalue weighted by molar-refractivity contribution is 0.191. The molecule has 1 atom stereocenters. The molecule has 0 saturated heterocycles. The maximum atomic E-state index is 5.13. The molecule has 2 heteroatoms. The third-order valence-electron chi connectivity index (χ3n) is 3.47. The van der Waals surface area contributed by atoms with Gasteiger partial charge in [-0.05, 0) is 31.2 Å². The lowest BCUT2D eigenvalue weighted by Gasteiger charge is -2.20. The SMILES string of the molecule is COCCCCC(CNC(C)C)c1ccc(C)cc1. The first-order valence-corrected chi connectivity index (χ1v) is 7.42. The standard InChI is InChI=1S/C17H29NO/c1-14(2)18-13-17(7-5-6-12-19-4)16-10-8-15(3)9-11-16/h8-11,14,17-18H,5-7,12-13H2,1-4H3. The highest BCUT2D eigenvalue weighted by atomic mass is 16.5. The van der Waals surface area contributed by atoms with Crippen LogP contribution in [0.2, 0.25) is 0 Å². The van der Waals surface area contributed by atoms with Crippen molar-refractivity contribution in [3.63, 3.8) is 0 Å². The Hall–Kier alpha value is -0.860. The van der Waals surface area contributed by atoms with Crippen LogP contribution in [0.1, 0.15) is 50.2 Å². The van der Waals surface area contributed by atoms with Crippen LogP contribution in [-0.4, -0.2) is 26.3 Å². The number of hydrogen-bond acceptors (Lipinski definition) is 2. The molecule has 1 unspecified atom stereocenters. The molecule has 0 spiro atoms. The summed E-state index contributed by atoms with van der Waals surface area (Å²) in [6.07, 6.45) is 3.61. The summed E-state index contributed by atoms with van der Waals surface area (Å²) in [4.78, 5) is 0. The van der Waals surface area contributed by atoms with Gasteiger partial charge >= 0.3 is 0 Å². The van der Waals surface area contributed by atoms with Crippen molar-refractivity contribution in [2.75, 3.05) is 20.3 Å². The van der Waals surface area contributed by atoms with Crippen LogP contribution in [0.3, 0.4) is 0 Å². The van der Waals surface area contributed by atoms with Crippen molar-refractivity contribution in [3.8, 4) is 0 Å². The van der Waals surface area contributed by atoms with E-state index in [0.29, 0.717) is 12.0 Å². The summed E-state index contributed by atoms with van der Waals surface area (Å²) in [5.41, 5.74) is 2.79. The van der Waals surface area contributed by atoms with Crippen LogP contribution in [0.15, 0.2) is 24.3 Å². The zero-order chi connectivity index (χ0) is 14.1. The number of unbranched alkanes of at least 4 members (excludes halogenated alkanes) is 1. The van der Waals surface area contributed by atoms with Crippen LogP contribution in [0, 0.1) is 6.92 Å². The fourth-order valence-electron chi connectivity index (χ4n) is 2.24. The highest BCUT2D eigenvalue weighted by molar-refractivity contribution is 5.24. The summed E-state index contributed by atoms with van der Waals surface area (Å²) in [6.45, 7) is 8.49. The molecule has 0 saturated carbocycles. The molecular formula is C17H29NO. The first-order valence-electron chi connectivity index (χ1n) is 7.42. The van der Waals surface area contributed by atoms with Crippen molar-refractivity contribution >= 4 is 0 Å². The van der Waals surface area contributed by atoms with Crippen LogP contribution in [0.25, 0.3) is 0 Å². The molecule has 0 heterocycles. The number of ether oxygens (including phenoxy) is 1. The van der Waals surface area contributed by atoms with E-state index in [1.807, 2.05) is 0 Å². The summed E-state index contributed by atoms with van der Waals surface area (Å²) in [5.74, 6) is 0.611. The summed E-state index contributed by atoms with van der Waals surface area (Å²) < 4.78 is 5.13. The Kier molecular flexibility index (Phi) is 7.76. The molecule has 0 amide bonds. The van der Waals surface area contributed by atoms with Crippen LogP contribution in [-0.2, 0) is 4.74 Å². The Balaban J connectivity index is 2.54. The number of hydrogen-bond donors (Lipinski definition) is 1. The minimum atomic E-state index is 0.548. The van der Waals surface area contributed by atoms with Crippen LogP contribution in [0.4, 0.5) is 0 Å². The van der Waals surface area contributed by atoms with Crippen molar-refractivity contribution in [2.45, 2.75) is 52.0 Å². The zero-order valence-electron chi connectivity index (χ0n) is 12.9. The number of aryl methyl sites for hydroxylation is 1. The molecule has 1 aromatic carbocycles. The summed E-state index contributed by atoms with van der Waals surface area (Å²) in [7, 11) is 1.78. The molecular weight excluding hydrogens is 234 g/mol. The Morgan fingerprint density at radius 1 is 1.11 bits per heavy atom. The lowest BCUT2D eigenvalue weighted by atomic mass is 9.92. The van der Waals surface area contributed by atoms with Gasteiger partial charge < -0.3 is 10.1 Å². The minimum absolute atomic E-state index is 0.548. The van der Waals surface area contributed by atoms with E-state index in [0.717, 1.165) is 19.6 Å². The molecule has 0 aliphatic heterocycles. The zero-order valence-corrected chi connectivity index (χ0v) is 12.9. The monoisotopic (exact) mass is 263 g/mol. The van der Waals surface area contributed by atoms with E-state index in [1.165, 1.54) is 24.0 Å². The van der Waals surface area contributed by atoms with E-state index in [4.69, 9.17) is 4.74 Å². The smallest absolute Gasteiger partial charge is 0.0462 e. The van der Waals surface area contributed by atoms with Gasteiger partial charge in [-0.15, -0.1) is 0 Å². The Morgan fingerprint density at radius 3 is 2.37 bits per heavy atom. The summed E-state index contributed by atoms with van der Waals surface area (Å²) >= 11 is 0. The van der Waals surface area contributed by atoms with E-state index in [2.05, 4.69) is 50.4 Å². The molecule has 1 N–H and O–H groups in total. The average Bonchev–Trinajstić information content (AvgIpc) is 2.39. The molecule has 0 aromatic heterocycles. The molecule has 1 aromatic rings. The fraction of sp³-hybridized carbons (Fsp3) is 0.647. The van der Waals surface area contributed by atoms with Crippen molar-refractivity contribution in [1.82, 2.24) is 5.32 Å². The number of benzene rings is 1. The highest BCUT2D eigenvalue weighted by Gasteiger charge is 2.11. The maximum Gasteiger partial charge on any atom is 0.0462 e. The highest BCUT2D eigenvalue weighted by Crippen LogP contribution is 2.22. The number of nitrogens with one attached hydrogen (secondary N) is 1. The number of methoxy groups -OCH3 is 1. The van der Waals surface area contributed by atoms with E-state index in [1.54, 1.807) is 7.11 Å². The lowest BCUT2D eigenvalue weighted by Crippen LogP contribution is -2.28. The van der Waals surface area contributed by atoms with Gasteiger partial charge in [0.1, 0.15) is 0 Å². The van der Waals surface area contributed by atoms with Gasteiger partial charge in [0.2, 0.25) is 0 Å². The largest absolute Gasteiger partial charge is 0.385 e. The van der Waals surface area contributed by atoms with Crippen molar-refractivity contribution in [3.05, 3.63) is 35.4 Å². The fourth-order valence-corrected chi connectivity index (χ4v) is 2.24. The molecule has 19 heavy (non-hydrogen) atoms. The van der Waals surface area contributed by atoms with Crippen molar-refractivity contribution < 1.29 is 4.74 Å². The predicted molar refractivity (Wildman–Crippen MR) is 82.8 cm³/mol. The average molecular weight is 263 g/mol. The molecule has 0 aliphatic rings. The van der Waals surface area contributed by atoms with E-state index in [9.17, 15) is 0 Å². The van der Waals surface area contributed by atoms with Gasteiger partial charge in [0.15, 0.2) is 0 Å². The van der Waals surface area contributed by atoms with E-state index < -0.39 is 0 Å². The van der Waals surface area contributed by atoms with Crippen molar-refractivity contribution in [1.29, 1.82) is 0 Å². The second kappa shape index (κ2) is 9.11. The molecule has 0 bridgehead atoms. The second-order valence-electron chi connectivity index (χ2n) is 5.66. The van der Waals surface area contributed by atoms with Crippen LogP contribution < -0.4 is 5.32 Å². The molecule has 2 nitrogen and oxygen atoms in total. The molecule has 108 valence electrons. The van der Waals surface area contributed by atoms with Crippen LogP contribution in [0.5, 0.6) is 0 Å². The Morgan fingerprint density at radius 2 is 1.79 bits per heavy atom. The van der Waals surface area contributed by atoms with E-state index in [-0.39, 0.29) is 0 Å². The third kappa shape index (κ3) is 6.74. The first-order chi connectivity index (χ1) is 9.13. The van der Waals surface area contributed by atoms with Gasteiger partial charge in [-0.25, -0.2) is 0 Å².